The maximum absolute atomic E-state index is 14.1. The lowest BCUT2D eigenvalue weighted by Gasteiger charge is -2.16. The molecule has 1 aromatic heterocycles. The zero-order chi connectivity index (χ0) is 22.3. The number of carboxylic acid groups (broad SMARTS) is 1. The minimum absolute atomic E-state index is 0.133. The summed E-state index contributed by atoms with van der Waals surface area (Å²) >= 11 is 4.38. The van der Waals surface area contributed by atoms with Crippen molar-refractivity contribution in [1.82, 2.24) is 14.9 Å². The van der Waals surface area contributed by atoms with Gasteiger partial charge in [-0.05, 0) is 36.5 Å². The SMILES string of the molecule is CCCCc1ncc(CNC(=O)[C@@H](S)CC(C)C)n1Cc1ccc(C(=O)O)c(F)c1. The Bertz CT molecular complexity index is 883. The molecule has 1 amide bonds. The first kappa shape index (κ1) is 23.9. The van der Waals surface area contributed by atoms with E-state index >= 15 is 0 Å². The van der Waals surface area contributed by atoms with Gasteiger partial charge in [0.05, 0.1) is 29.2 Å². The molecule has 0 aliphatic rings. The lowest BCUT2D eigenvalue weighted by Crippen LogP contribution is -2.32. The number of nitrogens with zero attached hydrogens (tertiary/aromatic N) is 2. The number of imidazole rings is 1. The quantitative estimate of drug-likeness (QED) is 0.465. The number of aromatic carboxylic acids is 1. The van der Waals surface area contributed by atoms with Crippen LogP contribution in [-0.2, 0) is 24.3 Å². The number of benzene rings is 1. The Morgan fingerprint density at radius 2 is 2.07 bits per heavy atom. The maximum Gasteiger partial charge on any atom is 0.338 e. The minimum Gasteiger partial charge on any atom is -0.478 e. The number of amides is 1. The molecule has 0 saturated carbocycles. The van der Waals surface area contributed by atoms with Crippen LogP contribution in [0.25, 0.3) is 0 Å². The van der Waals surface area contributed by atoms with Crippen LogP contribution < -0.4 is 5.32 Å². The Balaban J connectivity index is 2.20. The summed E-state index contributed by atoms with van der Waals surface area (Å²) in [5.41, 5.74) is 1.09. The van der Waals surface area contributed by atoms with Gasteiger partial charge in [-0.2, -0.15) is 12.6 Å². The first-order chi connectivity index (χ1) is 14.2. The summed E-state index contributed by atoms with van der Waals surface area (Å²) < 4.78 is 16.1. The van der Waals surface area contributed by atoms with E-state index in [1.807, 2.05) is 18.4 Å². The number of carboxylic acids is 1. The van der Waals surface area contributed by atoms with E-state index in [1.54, 1.807) is 12.3 Å². The molecule has 2 N–H and O–H groups in total. The molecule has 164 valence electrons. The van der Waals surface area contributed by atoms with Crippen molar-refractivity contribution in [3.8, 4) is 0 Å². The molecule has 30 heavy (non-hydrogen) atoms. The van der Waals surface area contributed by atoms with Gasteiger partial charge in [-0.1, -0.05) is 33.3 Å². The Kier molecular flexibility index (Phi) is 8.89. The molecule has 0 radical (unpaired) electrons. The van der Waals surface area contributed by atoms with Crippen LogP contribution >= 0.6 is 12.6 Å². The van der Waals surface area contributed by atoms with Crippen molar-refractivity contribution in [3.63, 3.8) is 0 Å². The molecule has 1 aromatic carbocycles. The molecule has 0 aliphatic heterocycles. The van der Waals surface area contributed by atoms with Gasteiger partial charge in [-0.3, -0.25) is 4.79 Å². The van der Waals surface area contributed by atoms with Crippen LogP contribution in [0.5, 0.6) is 0 Å². The van der Waals surface area contributed by atoms with Gasteiger partial charge < -0.3 is 15.0 Å². The highest BCUT2D eigenvalue weighted by Crippen LogP contribution is 2.17. The van der Waals surface area contributed by atoms with E-state index in [1.165, 1.54) is 12.1 Å². The van der Waals surface area contributed by atoms with Gasteiger partial charge in [-0.15, -0.1) is 0 Å². The summed E-state index contributed by atoms with van der Waals surface area (Å²) in [6.45, 7) is 6.82. The second kappa shape index (κ2) is 11.2. The number of halogens is 1. The molecule has 0 aliphatic carbocycles. The average molecular weight is 436 g/mol. The van der Waals surface area contributed by atoms with E-state index in [0.717, 1.165) is 30.8 Å². The van der Waals surface area contributed by atoms with Crippen molar-refractivity contribution in [2.45, 2.75) is 64.8 Å². The largest absolute Gasteiger partial charge is 0.478 e. The number of rotatable bonds is 11. The summed E-state index contributed by atoms with van der Waals surface area (Å²) in [4.78, 5) is 27.9. The van der Waals surface area contributed by atoms with Gasteiger partial charge in [-0.25, -0.2) is 14.2 Å². The van der Waals surface area contributed by atoms with Crippen LogP contribution in [0.1, 0.15) is 67.5 Å². The van der Waals surface area contributed by atoms with Crippen LogP contribution in [0.3, 0.4) is 0 Å². The Morgan fingerprint density at radius 1 is 1.33 bits per heavy atom. The Morgan fingerprint density at radius 3 is 2.67 bits per heavy atom. The summed E-state index contributed by atoms with van der Waals surface area (Å²) in [5, 5.41) is 11.5. The third-order valence-electron chi connectivity index (χ3n) is 4.82. The van der Waals surface area contributed by atoms with E-state index in [4.69, 9.17) is 5.11 Å². The third kappa shape index (κ3) is 6.58. The lowest BCUT2D eigenvalue weighted by atomic mass is 10.1. The molecule has 1 atom stereocenters. The predicted octanol–water partition coefficient (Wildman–Crippen LogP) is 4.07. The van der Waals surface area contributed by atoms with Gasteiger partial charge in [0.2, 0.25) is 5.91 Å². The molecule has 6 nitrogen and oxygen atoms in total. The molecule has 2 aromatic rings. The number of aromatic nitrogens is 2. The number of carbonyl (C=O) groups excluding carboxylic acids is 1. The highest BCUT2D eigenvalue weighted by Gasteiger charge is 2.17. The van der Waals surface area contributed by atoms with Crippen LogP contribution in [0, 0.1) is 11.7 Å². The van der Waals surface area contributed by atoms with E-state index in [2.05, 4.69) is 29.9 Å². The van der Waals surface area contributed by atoms with Gasteiger partial charge >= 0.3 is 5.97 Å². The highest BCUT2D eigenvalue weighted by molar-refractivity contribution is 7.81. The van der Waals surface area contributed by atoms with Gasteiger partial charge in [0, 0.05) is 13.0 Å². The Hall–Kier alpha value is -2.35. The fraction of sp³-hybridized carbons (Fsp3) is 0.500. The molecular weight excluding hydrogens is 405 g/mol. The first-order valence-corrected chi connectivity index (χ1v) is 10.7. The van der Waals surface area contributed by atoms with E-state index in [0.29, 0.717) is 31.0 Å². The predicted molar refractivity (Wildman–Crippen MR) is 117 cm³/mol. The Labute approximate surface area is 182 Å². The summed E-state index contributed by atoms with van der Waals surface area (Å²) in [5.74, 6) is -0.971. The number of hydrogen-bond donors (Lipinski definition) is 3. The fourth-order valence-corrected chi connectivity index (χ4v) is 3.70. The van der Waals surface area contributed by atoms with Gasteiger partial charge in [0.1, 0.15) is 11.6 Å². The van der Waals surface area contributed by atoms with E-state index in [-0.39, 0.29) is 16.7 Å². The maximum atomic E-state index is 14.1. The number of carbonyl (C=O) groups is 2. The van der Waals surface area contributed by atoms with Crippen molar-refractivity contribution >= 4 is 24.5 Å². The number of nitrogens with one attached hydrogen (secondary N) is 1. The normalized spacial score (nSPS) is 12.2. The zero-order valence-electron chi connectivity index (χ0n) is 17.7. The standard InChI is InChI=1S/C22H30FN3O3S/c1-4-5-6-20-24-11-16(12-25-21(27)19(30)9-14(2)3)26(20)13-15-7-8-17(22(28)29)18(23)10-15/h7-8,10-11,14,19,30H,4-6,9,12-13H2,1-3H3,(H,25,27)(H,28,29)/t19-/m0/s1. The number of aryl methyl sites for hydroxylation is 1. The molecule has 1 heterocycles. The monoisotopic (exact) mass is 435 g/mol. The molecule has 0 bridgehead atoms. The van der Waals surface area contributed by atoms with Crippen molar-refractivity contribution in [2.24, 2.45) is 5.92 Å². The van der Waals surface area contributed by atoms with Crippen molar-refractivity contribution in [2.75, 3.05) is 0 Å². The molecular formula is C22H30FN3O3S. The molecule has 0 spiro atoms. The van der Waals surface area contributed by atoms with Crippen LogP contribution in [0.4, 0.5) is 4.39 Å². The van der Waals surface area contributed by atoms with Crippen molar-refractivity contribution in [3.05, 3.63) is 52.9 Å². The highest BCUT2D eigenvalue weighted by atomic mass is 32.1. The number of hydrogen-bond acceptors (Lipinski definition) is 4. The summed E-state index contributed by atoms with van der Waals surface area (Å²) in [6, 6.07) is 4.11. The third-order valence-corrected chi connectivity index (χ3v) is 5.27. The molecule has 0 saturated heterocycles. The van der Waals surface area contributed by atoms with E-state index < -0.39 is 11.8 Å². The molecule has 2 rings (SSSR count). The van der Waals surface area contributed by atoms with Gasteiger partial charge in [0.25, 0.3) is 0 Å². The minimum atomic E-state index is -1.29. The smallest absolute Gasteiger partial charge is 0.338 e. The van der Waals surface area contributed by atoms with Crippen LogP contribution in [0.2, 0.25) is 0 Å². The topological polar surface area (TPSA) is 84.2 Å². The zero-order valence-corrected chi connectivity index (χ0v) is 18.6. The second-order valence-corrected chi connectivity index (χ2v) is 8.46. The molecule has 0 unspecified atom stereocenters. The van der Waals surface area contributed by atoms with Crippen molar-refractivity contribution < 1.29 is 19.1 Å². The van der Waals surface area contributed by atoms with Crippen LogP contribution in [0.15, 0.2) is 24.4 Å². The molecule has 0 fully saturated rings. The fourth-order valence-electron chi connectivity index (χ4n) is 3.18. The second-order valence-electron chi connectivity index (χ2n) is 7.84. The summed E-state index contributed by atoms with van der Waals surface area (Å²) in [7, 11) is 0. The first-order valence-electron chi connectivity index (χ1n) is 10.2. The molecule has 8 heteroatoms. The van der Waals surface area contributed by atoms with Crippen molar-refractivity contribution in [1.29, 1.82) is 0 Å². The number of thiol groups is 1. The van der Waals surface area contributed by atoms with E-state index in [9.17, 15) is 14.0 Å². The lowest BCUT2D eigenvalue weighted by molar-refractivity contribution is -0.121. The van der Waals surface area contributed by atoms with Crippen LogP contribution in [-0.4, -0.2) is 31.8 Å². The summed E-state index contributed by atoms with van der Waals surface area (Å²) in [6.07, 6.45) is 5.15. The average Bonchev–Trinajstić information content (AvgIpc) is 3.05. The van der Waals surface area contributed by atoms with Gasteiger partial charge in [0.15, 0.2) is 0 Å². The number of unbranched alkanes of at least 4 members (excludes halogenated alkanes) is 1.